The van der Waals surface area contributed by atoms with E-state index in [2.05, 4.69) is 58.1 Å². The van der Waals surface area contributed by atoms with Crippen LogP contribution in [0.2, 0.25) is 0 Å². The van der Waals surface area contributed by atoms with E-state index in [0.29, 0.717) is 29.0 Å². The number of imide groups is 2. The van der Waals surface area contributed by atoms with E-state index in [1.54, 1.807) is 12.4 Å². The van der Waals surface area contributed by atoms with Crippen LogP contribution in [0.3, 0.4) is 0 Å². The number of nitrogens with one attached hydrogen (secondary N) is 2. The number of aromatic nitrogens is 4. The predicted molar refractivity (Wildman–Crippen MR) is 223 cm³/mol. The highest BCUT2D eigenvalue weighted by Gasteiger charge is 2.45. The zero-order valence-electron chi connectivity index (χ0n) is 34.2. The number of hydrogen-bond acceptors (Lipinski definition) is 12. The van der Waals surface area contributed by atoms with Gasteiger partial charge in [-0.1, -0.05) is 0 Å². The van der Waals surface area contributed by atoms with E-state index in [9.17, 15) is 19.2 Å². The van der Waals surface area contributed by atoms with Crippen molar-refractivity contribution in [1.82, 2.24) is 40.2 Å². The molecule has 2 N–H and O–H groups in total. The van der Waals surface area contributed by atoms with Crippen LogP contribution in [-0.2, 0) is 9.59 Å². The van der Waals surface area contributed by atoms with Gasteiger partial charge in [-0.2, -0.15) is 5.10 Å². The third-order valence-electron chi connectivity index (χ3n) is 13.0. The first kappa shape index (κ1) is 39.1. The lowest BCUT2D eigenvalue weighted by Gasteiger charge is -2.43. The molecule has 2 atom stereocenters. The van der Waals surface area contributed by atoms with Crippen molar-refractivity contribution in [2.75, 3.05) is 68.7 Å². The molecule has 2 aromatic heterocycles. The van der Waals surface area contributed by atoms with Gasteiger partial charge in [-0.25, -0.2) is 9.97 Å². The first-order valence-electron chi connectivity index (χ1n) is 21.4. The van der Waals surface area contributed by atoms with Gasteiger partial charge in [0.25, 0.3) is 11.8 Å². The molecule has 4 amide bonds. The Labute approximate surface area is 344 Å². The van der Waals surface area contributed by atoms with Crippen LogP contribution in [0.5, 0.6) is 5.75 Å². The Balaban J connectivity index is 0.726. The number of likely N-dealkylation sites (tertiary alicyclic amines) is 1. The average molecular weight is 803 g/mol. The van der Waals surface area contributed by atoms with Crippen molar-refractivity contribution >= 4 is 46.0 Å². The summed E-state index contributed by atoms with van der Waals surface area (Å²) >= 11 is 0. The summed E-state index contributed by atoms with van der Waals surface area (Å²) in [7, 11) is 0. The molecule has 5 aliphatic heterocycles. The summed E-state index contributed by atoms with van der Waals surface area (Å²) in [5.41, 5.74) is 4.14. The third kappa shape index (κ3) is 8.01. The number of carbonyl (C=O) groups is 4. The molecule has 4 saturated heterocycles. The first-order chi connectivity index (χ1) is 28.6. The second kappa shape index (κ2) is 16.3. The van der Waals surface area contributed by atoms with E-state index in [1.807, 2.05) is 44.2 Å². The van der Waals surface area contributed by atoms with Crippen LogP contribution >= 0.6 is 0 Å². The molecular weight excluding hydrogens is 749 g/mol. The maximum Gasteiger partial charge on any atom is 0.262 e. The van der Waals surface area contributed by atoms with Crippen molar-refractivity contribution < 1.29 is 23.9 Å². The number of ether oxygens (including phenoxy) is 1. The van der Waals surface area contributed by atoms with Gasteiger partial charge in [0.1, 0.15) is 29.6 Å². The summed E-state index contributed by atoms with van der Waals surface area (Å²) in [5, 5.41) is 11.0. The van der Waals surface area contributed by atoms with Crippen LogP contribution in [0.1, 0.15) is 80.0 Å². The Morgan fingerprint density at radius 3 is 2.32 bits per heavy atom. The highest BCUT2D eigenvalue weighted by Crippen LogP contribution is 2.34. The van der Waals surface area contributed by atoms with Gasteiger partial charge >= 0.3 is 0 Å². The summed E-state index contributed by atoms with van der Waals surface area (Å²) in [4.78, 5) is 71.0. The minimum absolute atomic E-state index is 0.0886. The Morgan fingerprint density at radius 2 is 1.56 bits per heavy atom. The fraction of sp³-hybridized carbons (Fsp3) is 0.523. The fourth-order valence-electron chi connectivity index (χ4n) is 9.74. The number of piperidine rings is 3. The molecule has 15 nitrogen and oxygen atoms in total. The van der Waals surface area contributed by atoms with Crippen LogP contribution in [0.25, 0.3) is 22.3 Å². The van der Waals surface area contributed by atoms with Gasteiger partial charge in [-0.05, 0) is 114 Å². The summed E-state index contributed by atoms with van der Waals surface area (Å²) in [6.07, 6.45) is 6.60. The van der Waals surface area contributed by atoms with Gasteiger partial charge in [0.2, 0.25) is 11.8 Å². The quantitative estimate of drug-likeness (QED) is 0.219. The van der Waals surface area contributed by atoms with Crippen molar-refractivity contribution in [2.45, 2.75) is 77.5 Å². The molecule has 4 aromatic rings. The molecule has 0 spiro atoms. The van der Waals surface area contributed by atoms with Crippen LogP contribution < -0.4 is 19.9 Å². The van der Waals surface area contributed by atoms with Crippen molar-refractivity contribution in [3.8, 4) is 17.1 Å². The largest absolute Gasteiger partial charge is 0.491 e. The molecule has 5 aliphatic rings. The highest BCUT2D eigenvalue weighted by molar-refractivity contribution is 6.23. The minimum Gasteiger partial charge on any atom is -0.491 e. The molecule has 1 unspecified atom stereocenters. The number of carbonyl (C=O) groups excluding carboxylic acids is 4. The van der Waals surface area contributed by atoms with Crippen molar-refractivity contribution in [1.29, 1.82) is 0 Å². The van der Waals surface area contributed by atoms with Crippen molar-refractivity contribution in [3.63, 3.8) is 0 Å². The van der Waals surface area contributed by atoms with Crippen LogP contribution in [0, 0.1) is 11.8 Å². The average Bonchev–Trinajstić information content (AvgIpc) is 3.76. The monoisotopic (exact) mass is 802 g/mol. The maximum atomic E-state index is 13.4. The van der Waals surface area contributed by atoms with Crippen LogP contribution in [0.15, 0.2) is 48.8 Å². The molecule has 0 saturated carbocycles. The number of H-pyrrole nitrogens is 1. The molecule has 310 valence electrons. The normalized spacial score (nSPS) is 22.8. The predicted octanol–water partition coefficient (Wildman–Crippen LogP) is 4.35. The zero-order valence-corrected chi connectivity index (χ0v) is 34.2. The van der Waals surface area contributed by atoms with Gasteiger partial charge in [0.05, 0.1) is 28.4 Å². The standard InChI is InChI=1S/C44H54N10O5/c1-27(2)59-32-5-7-36-35(21-32)41(49-48-36)37-22-39(46-26-45-37)53-19-18-52(28(3)23-53)25-30-10-14-50(15-11-30)24-29-12-16-51(17-13-29)31-4-6-33-34(20-31)44(58)54(43(33)57)38-8-9-40(55)47-42(38)56/h4-7,20-22,26-30,38H,8-19,23-25H2,1-3H3,(H,48,49)(H,47,55,56)/t28-,38?/m0/s1. The number of rotatable bonds is 10. The van der Waals surface area contributed by atoms with Crippen LogP contribution in [0.4, 0.5) is 11.5 Å². The van der Waals surface area contributed by atoms with Crippen LogP contribution in [-0.4, -0.2) is 136 Å². The summed E-state index contributed by atoms with van der Waals surface area (Å²) < 4.78 is 5.94. The summed E-state index contributed by atoms with van der Waals surface area (Å²) in [5.74, 6) is 1.19. The maximum absolute atomic E-state index is 13.4. The molecule has 0 aliphatic carbocycles. The highest BCUT2D eigenvalue weighted by atomic mass is 16.5. The molecule has 59 heavy (non-hydrogen) atoms. The summed E-state index contributed by atoms with van der Waals surface area (Å²) in [6.45, 7) is 15.6. The Kier molecular flexibility index (Phi) is 10.8. The smallest absolute Gasteiger partial charge is 0.262 e. The fourth-order valence-corrected chi connectivity index (χ4v) is 9.74. The molecule has 2 aromatic carbocycles. The van der Waals surface area contributed by atoms with E-state index >= 15 is 0 Å². The van der Waals surface area contributed by atoms with E-state index in [1.165, 1.54) is 12.8 Å². The van der Waals surface area contributed by atoms with Crippen molar-refractivity contribution in [3.05, 3.63) is 59.9 Å². The second-order valence-corrected chi connectivity index (χ2v) is 17.3. The van der Waals surface area contributed by atoms with Gasteiger partial charge in [-0.3, -0.25) is 39.4 Å². The lowest BCUT2D eigenvalue weighted by atomic mass is 9.92. The second-order valence-electron chi connectivity index (χ2n) is 17.3. The van der Waals surface area contributed by atoms with Crippen molar-refractivity contribution in [2.24, 2.45) is 11.8 Å². The molecule has 4 fully saturated rings. The number of benzene rings is 2. The molecule has 7 heterocycles. The Hall–Kier alpha value is -5.41. The molecule has 9 rings (SSSR count). The Bertz CT molecular complexity index is 2240. The number of aromatic amines is 1. The minimum atomic E-state index is -0.953. The molecule has 0 radical (unpaired) electrons. The topological polar surface area (TPSA) is 160 Å². The number of nitrogens with zero attached hydrogens (tertiary/aromatic N) is 8. The lowest BCUT2D eigenvalue weighted by molar-refractivity contribution is -0.136. The van der Waals surface area contributed by atoms with E-state index in [4.69, 9.17) is 4.74 Å². The Morgan fingerprint density at radius 1 is 0.797 bits per heavy atom. The van der Waals surface area contributed by atoms with E-state index < -0.39 is 23.8 Å². The third-order valence-corrected chi connectivity index (χ3v) is 13.0. The number of amides is 4. The van der Waals surface area contributed by atoms with Gasteiger partial charge in [0.15, 0.2) is 0 Å². The molecule has 0 bridgehead atoms. The van der Waals surface area contributed by atoms with E-state index in [-0.39, 0.29) is 24.9 Å². The molecule has 15 heteroatoms. The number of fused-ring (bicyclic) bond motifs is 2. The van der Waals surface area contributed by atoms with Gasteiger partial charge in [-0.15, -0.1) is 0 Å². The van der Waals surface area contributed by atoms with Gasteiger partial charge < -0.3 is 19.4 Å². The number of hydrogen-bond donors (Lipinski definition) is 2. The number of anilines is 2. The summed E-state index contributed by atoms with van der Waals surface area (Å²) in [6, 6.07) is 13.0. The first-order valence-corrected chi connectivity index (χ1v) is 21.4. The lowest BCUT2D eigenvalue weighted by Crippen LogP contribution is -2.54. The zero-order chi connectivity index (χ0) is 40.8. The SMILES string of the molecule is CC(C)Oc1ccc2[nH]nc(-c3cc(N4CCN(CC5CCN(CC6CCN(c7ccc8c(c7)C(=O)N(C7CCC(=O)NC7=O)C8=O)CC6)CC5)[C@@H](C)C4)ncn3)c2c1. The number of piperazine rings is 1. The van der Waals surface area contributed by atoms with E-state index in [0.717, 1.165) is 116 Å². The van der Waals surface area contributed by atoms with Gasteiger partial charge in [0, 0.05) is 75.4 Å². The molecular formula is C44H54N10O5.